The summed E-state index contributed by atoms with van der Waals surface area (Å²) in [5, 5.41) is 27.9. The van der Waals surface area contributed by atoms with Crippen molar-refractivity contribution in [2.45, 2.75) is 51.8 Å². The van der Waals surface area contributed by atoms with Gasteiger partial charge in [-0.1, -0.05) is 56.0 Å². The molecule has 0 heterocycles. The zero-order valence-electron chi connectivity index (χ0n) is 22.2. The lowest BCUT2D eigenvalue weighted by Gasteiger charge is -2.30. The molecule has 36 heavy (non-hydrogen) atoms. The fourth-order valence-electron chi connectivity index (χ4n) is 3.59. The lowest BCUT2D eigenvalue weighted by Crippen LogP contribution is -2.43. The maximum Gasteiger partial charge on any atom is 0.138 e. The van der Waals surface area contributed by atoms with Crippen LogP contribution in [0.3, 0.4) is 0 Å². The molecule has 1 unspecified atom stereocenters. The van der Waals surface area contributed by atoms with Gasteiger partial charge in [0.1, 0.15) is 11.5 Å². The first-order valence-corrected chi connectivity index (χ1v) is 12.6. The first kappa shape index (κ1) is 29.0. The van der Waals surface area contributed by atoms with Crippen molar-refractivity contribution in [2.75, 3.05) is 32.1 Å². The van der Waals surface area contributed by atoms with Crippen LogP contribution >= 0.6 is 0 Å². The van der Waals surface area contributed by atoms with Gasteiger partial charge in [0.25, 0.3) is 0 Å². The van der Waals surface area contributed by atoms with Gasteiger partial charge in [0.05, 0.1) is 18.9 Å². The van der Waals surface area contributed by atoms with Crippen molar-refractivity contribution in [1.82, 2.24) is 10.2 Å². The Labute approximate surface area is 217 Å². The van der Waals surface area contributed by atoms with Gasteiger partial charge in [-0.15, -0.1) is 0 Å². The number of nitrogens with zero attached hydrogens (tertiary/aromatic N) is 1. The Kier molecular flexibility index (Phi) is 12.1. The van der Waals surface area contributed by atoms with Crippen LogP contribution in [0.5, 0.6) is 11.5 Å². The summed E-state index contributed by atoms with van der Waals surface area (Å²) in [5.41, 5.74) is 2.22. The van der Waals surface area contributed by atoms with Gasteiger partial charge in [0.15, 0.2) is 0 Å². The first-order valence-electron chi connectivity index (χ1n) is 12.6. The Balaban J connectivity index is 1.87. The number of allylic oxidation sites excluding steroid dienone is 3. The number of anilines is 1. The van der Waals surface area contributed by atoms with Crippen LogP contribution in [0.25, 0.3) is 0 Å². The van der Waals surface area contributed by atoms with Gasteiger partial charge >= 0.3 is 0 Å². The number of aliphatic hydroxyl groups excluding tert-OH is 1. The zero-order valence-corrected chi connectivity index (χ0v) is 22.2. The number of hydrogen-bond acceptors (Lipinski definition) is 6. The minimum absolute atomic E-state index is 0.150. The van der Waals surface area contributed by atoms with Crippen LogP contribution in [-0.4, -0.2) is 47.4 Å². The number of nitrogens with one attached hydrogen (secondary N) is 2. The highest BCUT2D eigenvalue weighted by Gasteiger charge is 2.20. The standard InChI is InChI=1S/C30H43N3O3/c1-6-8-9-10-11-19-33(7-2)20-18-30(3,4)32-23-29(35)25-14-17-28(34)27(21-25)31-22-24-12-15-26(36-5)16-13-24/h7-17,21,29,31-32,34-35H,2,6,18-20,22-23H2,1,3-5H3/b9-8-,11-10-. The van der Waals surface area contributed by atoms with Crippen LogP contribution in [0, 0.1) is 0 Å². The van der Waals surface area contributed by atoms with Crippen molar-refractivity contribution in [3.8, 4) is 11.5 Å². The highest BCUT2D eigenvalue weighted by atomic mass is 16.5. The van der Waals surface area contributed by atoms with Crippen molar-refractivity contribution in [3.05, 3.63) is 90.7 Å². The zero-order chi connectivity index (χ0) is 26.4. The number of aromatic hydroxyl groups is 1. The second kappa shape index (κ2) is 15.0. The summed E-state index contributed by atoms with van der Waals surface area (Å²) in [6.07, 6.45) is 11.5. The van der Waals surface area contributed by atoms with Gasteiger partial charge in [-0.05, 0) is 68.3 Å². The van der Waals surface area contributed by atoms with Crippen molar-refractivity contribution in [2.24, 2.45) is 0 Å². The molecule has 0 bridgehead atoms. The molecule has 2 aromatic rings. The summed E-state index contributed by atoms with van der Waals surface area (Å²) >= 11 is 0. The lowest BCUT2D eigenvalue weighted by atomic mass is 9.99. The summed E-state index contributed by atoms with van der Waals surface area (Å²) in [4.78, 5) is 2.18. The van der Waals surface area contributed by atoms with E-state index in [1.165, 1.54) is 0 Å². The lowest BCUT2D eigenvalue weighted by molar-refractivity contribution is 0.157. The average molecular weight is 494 g/mol. The number of rotatable bonds is 16. The molecule has 0 spiro atoms. The molecule has 0 saturated heterocycles. The Bertz CT molecular complexity index is 983. The molecule has 2 rings (SSSR count). The van der Waals surface area contributed by atoms with Crippen molar-refractivity contribution in [1.29, 1.82) is 0 Å². The molecule has 0 fully saturated rings. The molecule has 0 aliphatic rings. The minimum atomic E-state index is -0.699. The third kappa shape index (κ3) is 10.2. The van der Waals surface area contributed by atoms with Gasteiger partial charge in [0.2, 0.25) is 0 Å². The van der Waals surface area contributed by atoms with E-state index in [4.69, 9.17) is 4.74 Å². The fourth-order valence-corrected chi connectivity index (χ4v) is 3.59. The predicted molar refractivity (Wildman–Crippen MR) is 150 cm³/mol. The van der Waals surface area contributed by atoms with Crippen molar-refractivity contribution in [3.63, 3.8) is 0 Å². The third-order valence-corrected chi connectivity index (χ3v) is 6.06. The molecule has 0 aliphatic carbocycles. The molecule has 1 atom stereocenters. The van der Waals surface area contributed by atoms with Crippen molar-refractivity contribution >= 4 is 5.69 Å². The number of methoxy groups -OCH3 is 1. The molecule has 0 amide bonds. The summed E-state index contributed by atoms with van der Waals surface area (Å²) < 4.78 is 5.19. The van der Waals surface area contributed by atoms with Crippen LogP contribution < -0.4 is 15.4 Å². The monoisotopic (exact) mass is 493 g/mol. The van der Waals surface area contributed by atoms with Crippen LogP contribution in [0.15, 0.2) is 79.5 Å². The molecule has 0 saturated carbocycles. The van der Waals surface area contributed by atoms with E-state index in [2.05, 4.69) is 67.2 Å². The van der Waals surface area contributed by atoms with E-state index < -0.39 is 6.10 Å². The largest absolute Gasteiger partial charge is 0.506 e. The quantitative estimate of drug-likeness (QED) is 0.176. The molecule has 4 N–H and O–H groups in total. The summed E-state index contributed by atoms with van der Waals surface area (Å²) in [7, 11) is 1.64. The summed E-state index contributed by atoms with van der Waals surface area (Å²) in [5.74, 6) is 0.951. The average Bonchev–Trinajstić information content (AvgIpc) is 2.88. The molecule has 0 aliphatic heterocycles. The number of phenolic OH excluding ortho intramolecular Hbond substituents is 1. The van der Waals surface area contributed by atoms with Crippen LogP contribution in [0.1, 0.15) is 50.8 Å². The highest BCUT2D eigenvalue weighted by molar-refractivity contribution is 5.58. The normalized spacial score (nSPS) is 12.7. The molecular weight excluding hydrogens is 450 g/mol. The Morgan fingerprint density at radius 3 is 2.50 bits per heavy atom. The van der Waals surface area contributed by atoms with E-state index in [0.717, 1.165) is 42.8 Å². The Hall–Kier alpha value is -3.22. The molecule has 6 nitrogen and oxygen atoms in total. The maximum absolute atomic E-state index is 10.8. The van der Waals surface area contributed by atoms with Crippen LogP contribution in [0.2, 0.25) is 0 Å². The van der Waals surface area contributed by atoms with E-state index in [1.807, 2.05) is 30.5 Å². The smallest absolute Gasteiger partial charge is 0.138 e. The Morgan fingerprint density at radius 1 is 1.11 bits per heavy atom. The predicted octanol–water partition coefficient (Wildman–Crippen LogP) is 5.77. The van der Waals surface area contributed by atoms with E-state index in [9.17, 15) is 10.2 Å². The maximum atomic E-state index is 10.8. The highest BCUT2D eigenvalue weighted by Crippen LogP contribution is 2.28. The molecule has 196 valence electrons. The fraction of sp³-hybridized carbons (Fsp3) is 0.400. The molecule has 0 aromatic heterocycles. The topological polar surface area (TPSA) is 77.0 Å². The van der Waals surface area contributed by atoms with Gasteiger partial charge in [-0.25, -0.2) is 0 Å². The van der Waals surface area contributed by atoms with Crippen molar-refractivity contribution < 1.29 is 14.9 Å². The van der Waals surface area contributed by atoms with Crippen LogP contribution in [-0.2, 0) is 6.54 Å². The Morgan fingerprint density at radius 2 is 1.83 bits per heavy atom. The van der Waals surface area contributed by atoms with Gasteiger partial charge in [-0.3, -0.25) is 0 Å². The number of phenols is 1. The van der Waals surface area contributed by atoms with E-state index in [1.54, 1.807) is 25.3 Å². The van der Waals surface area contributed by atoms with Gasteiger partial charge < -0.3 is 30.5 Å². The van der Waals surface area contributed by atoms with E-state index in [0.29, 0.717) is 18.8 Å². The molecular formula is C30H43N3O3. The van der Waals surface area contributed by atoms with Gasteiger partial charge in [-0.2, -0.15) is 0 Å². The van der Waals surface area contributed by atoms with E-state index in [-0.39, 0.29) is 11.3 Å². The summed E-state index contributed by atoms with van der Waals surface area (Å²) in [6, 6.07) is 12.9. The molecule has 6 heteroatoms. The number of benzene rings is 2. The third-order valence-electron chi connectivity index (χ3n) is 6.06. The molecule has 2 aromatic carbocycles. The number of β-amino-alcohol motifs (C(OH)–C–C–N with tert-alkyl or cyclic N) is 1. The molecule has 0 radical (unpaired) electrons. The number of aliphatic hydroxyl groups is 1. The SMILES string of the molecule is C=CN(C/C=C\C=C/CC)CCC(C)(C)NCC(O)c1ccc(O)c(NCc2ccc(OC)cc2)c1. The second-order valence-electron chi connectivity index (χ2n) is 9.45. The second-order valence-corrected chi connectivity index (χ2v) is 9.45. The van der Waals surface area contributed by atoms with Crippen LogP contribution in [0.4, 0.5) is 5.69 Å². The number of ether oxygens (including phenoxy) is 1. The van der Waals surface area contributed by atoms with Gasteiger partial charge in [0, 0.05) is 31.7 Å². The van der Waals surface area contributed by atoms with E-state index >= 15 is 0 Å². The first-order chi connectivity index (χ1) is 17.3. The minimum Gasteiger partial charge on any atom is -0.506 e. The number of hydrogen-bond donors (Lipinski definition) is 4. The summed E-state index contributed by atoms with van der Waals surface area (Å²) in [6.45, 7) is 13.0.